The zero-order valence-electron chi connectivity index (χ0n) is 9.38. The molecule has 0 radical (unpaired) electrons. The lowest BCUT2D eigenvalue weighted by Crippen LogP contribution is -2.28. The van der Waals surface area contributed by atoms with Gasteiger partial charge in [-0.1, -0.05) is 0 Å². The number of ether oxygens (including phenoxy) is 1. The Morgan fingerprint density at radius 2 is 2.20 bits per heavy atom. The van der Waals surface area contributed by atoms with Gasteiger partial charge in [-0.05, 0) is 32.7 Å². The lowest BCUT2D eigenvalue weighted by molar-refractivity contribution is 0.00612. The highest BCUT2D eigenvalue weighted by Gasteiger charge is 2.50. The van der Waals surface area contributed by atoms with Gasteiger partial charge in [-0.25, -0.2) is 8.78 Å². The number of alkyl halides is 2. The van der Waals surface area contributed by atoms with Crippen LogP contribution in [0.15, 0.2) is 0 Å². The van der Waals surface area contributed by atoms with Crippen molar-refractivity contribution in [2.24, 2.45) is 5.92 Å². The summed E-state index contributed by atoms with van der Waals surface area (Å²) in [5.74, 6) is -2.16. The minimum Gasteiger partial charge on any atom is -0.378 e. The van der Waals surface area contributed by atoms with Crippen LogP contribution in [-0.2, 0) is 4.74 Å². The summed E-state index contributed by atoms with van der Waals surface area (Å²) in [6.45, 7) is 5.36. The van der Waals surface area contributed by atoms with Crippen LogP contribution in [0.4, 0.5) is 8.78 Å². The number of rotatable bonds is 3. The normalized spacial score (nSPS) is 35.0. The average Bonchev–Trinajstić information content (AvgIpc) is 2.56. The Hall–Kier alpha value is -0.220. The van der Waals surface area contributed by atoms with Crippen molar-refractivity contribution in [3.05, 3.63) is 0 Å². The van der Waals surface area contributed by atoms with E-state index in [1.807, 2.05) is 18.7 Å². The molecule has 0 spiro atoms. The topological polar surface area (TPSA) is 12.5 Å². The minimum atomic E-state index is -2.47. The molecule has 88 valence electrons. The number of hydrogen-bond acceptors (Lipinski definition) is 2. The molecule has 2 atom stereocenters. The molecule has 2 heterocycles. The molecule has 2 nitrogen and oxygen atoms in total. The van der Waals surface area contributed by atoms with E-state index in [-0.39, 0.29) is 25.1 Å². The first-order valence-corrected chi connectivity index (χ1v) is 5.71. The Morgan fingerprint density at radius 3 is 2.87 bits per heavy atom. The molecule has 2 rings (SSSR count). The molecule has 2 unspecified atom stereocenters. The maximum atomic E-state index is 13.2. The molecule has 0 bridgehead atoms. The lowest BCUT2D eigenvalue weighted by atomic mass is 9.98. The third kappa shape index (κ3) is 2.48. The summed E-state index contributed by atoms with van der Waals surface area (Å²) in [6, 6.07) is 0.0544. The van der Waals surface area contributed by atoms with E-state index < -0.39 is 5.92 Å². The van der Waals surface area contributed by atoms with Crippen molar-refractivity contribution in [1.82, 2.24) is 4.90 Å². The molecule has 0 aromatic carbocycles. The molecule has 2 aliphatic rings. The van der Waals surface area contributed by atoms with Crippen molar-refractivity contribution in [3.8, 4) is 0 Å². The van der Waals surface area contributed by atoms with Crippen LogP contribution in [0.5, 0.6) is 0 Å². The Kier molecular flexibility index (Phi) is 2.99. The van der Waals surface area contributed by atoms with Crippen molar-refractivity contribution in [2.45, 2.75) is 44.8 Å². The Labute approximate surface area is 89.6 Å². The smallest absolute Gasteiger partial charge is 0.262 e. The van der Waals surface area contributed by atoms with E-state index in [0.29, 0.717) is 12.5 Å². The van der Waals surface area contributed by atoms with E-state index in [4.69, 9.17) is 4.74 Å². The fourth-order valence-electron chi connectivity index (χ4n) is 2.66. The second-order valence-corrected chi connectivity index (χ2v) is 5.03. The van der Waals surface area contributed by atoms with Gasteiger partial charge in [0.05, 0.1) is 19.3 Å². The SMILES string of the molecule is CC(C)OCC1CCN2CC(F)(F)CC12. The quantitative estimate of drug-likeness (QED) is 0.721. The second kappa shape index (κ2) is 3.98. The standard InChI is InChI=1S/C11H19F2NO/c1-8(2)15-6-9-3-4-14-7-11(12,13)5-10(9)14/h8-10H,3-7H2,1-2H3. The molecular weight excluding hydrogens is 200 g/mol. The molecule has 0 saturated carbocycles. The molecule has 15 heavy (non-hydrogen) atoms. The molecule has 2 aliphatic heterocycles. The molecule has 2 saturated heterocycles. The fraction of sp³-hybridized carbons (Fsp3) is 1.00. The summed E-state index contributed by atoms with van der Waals surface area (Å²) in [4.78, 5) is 1.92. The largest absolute Gasteiger partial charge is 0.378 e. The molecule has 0 N–H and O–H groups in total. The number of fused-ring (bicyclic) bond motifs is 1. The molecule has 0 aromatic rings. The second-order valence-electron chi connectivity index (χ2n) is 5.03. The highest BCUT2D eigenvalue weighted by molar-refractivity contribution is 4.98. The predicted octanol–water partition coefficient (Wildman–Crippen LogP) is 2.14. The zero-order chi connectivity index (χ0) is 11.1. The average molecular weight is 219 g/mol. The van der Waals surface area contributed by atoms with Gasteiger partial charge in [-0.2, -0.15) is 0 Å². The van der Waals surface area contributed by atoms with Crippen LogP contribution >= 0.6 is 0 Å². The van der Waals surface area contributed by atoms with E-state index in [9.17, 15) is 8.78 Å². The maximum absolute atomic E-state index is 13.2. The van der Waals surface area contributed by atoms with Gasteiger partial charge in [-0.15, -0.1) is 0 Å². The highest BCUT2D eigenvalue weighted by Crippen LogP contribution is 2.40. The van der Waals surface area contributed by atoms with Crippen LogP contribution in [0.1, 0.15) is 26.7 Å². The van der Waals surface area contributed by atoms with Gasteiger partial charge < -0.3 is 4.74 Å². The molecular formula is C11H19F2NO. The van der Waals surface area contributed by atoms with Crippen LogP contribution in [-0.4, -0.2) is 42.7 Å². The minimum absolute atomic E-state index is 0.0269. The molecule has 4 heteroatoms. The number of halogens is 2. The first kappa shape index (κ1) is 11.3. The van der Waals surface area contributed by atoms with Gasteiger partial charge in [0.1, 0.15) is 0 Å². The first-order chi connectivity index (χ1) is 6.98. The van der Waals surface area contributed by atoms with E-state index in [1.54, 1.807) is 0 Å². The first-order valence-electron chi connectivity index (χ1n) is 5.71. The van der Waals surface area contributed by atoms with Crippen LogP contribution in [0.25, 0.3) is 0 Å². The van der Waals surface area contributed by atoms with Gasteiger partial charge in [0.25, 0.3) is 5.92 Å². The Bertz CT molecular complexity index is 233. The highest BCUT2D eigenvalue weighted by atomic mass is 19.3. The van der Waals surface area contributed by atoms with Crippen LogP contribution < -0.4 is 0 Å². The molecule has 0 aliphatic carbocycles. The van der Waals surface area contributed by atoms with Crippen LogP contribution in [0.2, 0.25) is 0 Å². The molecule has 0 aromatic heterocycles. The summed E-state index contributed by atoms with van der Waals surface area (Å²) in [5, 5.41) is 0. The monoisotopic (exact) mass is 219 g/mol. The summed E-state index contributed by atoms with van der Waals surface area (Å²) < 4.78 is 31.8. The van der Waals surface area contributed by atoms with E-state index in [1.165, 1.54) is 0 Å². The van der Waals surface area contributed by atoms with Crippen LogP contribution in [0, 0.1) is 5.92 Å². The van der Waals surface area contributed by atoms with E-state index in [2.05, 4.69) is 0 Å². The predicted molar refractivity (Wildman–Crippen MR) is 54.1 cm³/mol. The van der Waals surface area contributed by atoms with Gasteiger partial charge in [0, 0.05) is 12.5 Å². The zero-order valence-corrected chi connectivity index (χ0v) is 9.38. The van der Waals surface area contributed by atoms with Gasteiger partial charge >= 0.3 is 0 Å². The lowest BCUT2D eigenvalue weighted by Gasteiger charge is -2.20. The van der Waals surface area contributed by atoms with Crippen molar-refractivity contribution in [2.75, 3.05) is 19.7 Å². The van der Waals surface area contributed by atoms with Gasteiger partial charge in [-0.3, -0.25) is 4.90 Å². The van der Waals surface area contributed by atoms with Crippen molar-refractivity contribution in [3.63, 3.8) is 0 Å². The summed E-state index contributed by atoms with van der Waals surface area (Å²) in [7, 11) is 0. The van der Waals surface area contributed by atoms with Gasteiger partial charge in [0.15, 0.2) is 0 Å². The third-order valence-corrected chi connectivity index (χ3v) is 3.39. The van der Waals surface area contributed by atoms with E-state index in [0.717, 1.165) is 13.0 Å². The Morgan fingerprint density at radius 1 is 1.47 bits per heavy atom. The summed E-state index contributed by atoms with van der Waals surface area (Å²) in [5.41, 5.74) is 0. The Balaban J connectivity index is 1.88. The van der Waals surface area contributed by atoms with Crippen molar-refractivity contribution in [1.29, 1.82) is 0 Å². The van der Waals surface area contributed by atoms with Gasteiger partial charge in [0.2, 0.25) is 0 Å². The van der Waals surface area contributed by atoms with E-state index >= 15 is 0 Å². The van der Waals surface area contributed by atoms with Crippen molar-refractivity contribution >= 4 is 0 Å². The number of nitrogens with zero attached hydrogens (tertiary/aromatic N) is 1. The number of hydrogen-bond donors (Lipinski definition) is 0. The fourth-order valence-corrected chi connectivity index (χ4v) is 2.66. The maximum Gasteiger partial charge on any atom is 0.262 e. The van der Waals surface area contributed by atoms with Crippen molar-refractivity contribution < 1.29 is 13.5 Å². The third-order valence-electron chi connectivity index (χ3n) is 3.39. The summed E-state index contributed by atoms with van der Waals surface area (Å²) >= 11 is 0. The molecule has 0 amide bonds. The summed E-state index contributed by atoms with van der Waals surface area (Å²) in [6.07, 6.45) is 1.23. The van der Waals surface area contributed by atoms with Crippen LogP contribution in [0.3, 0.4) is 0 Å². The molecule has 2 fully saturated rings.